The van der Waals surface area contributed by atoms with Crippen molar-refractivity contribution in [3.05, 3.63) is 41.6 Å². The maximum absolute atomic E-state index is 13.1. The molecule has 0 saturated carbocycles. The first-order valence-corrected chi connectivity index (χ1v) is 9.33. The van der Waals surface area contributed by atoms with E-state index in [-0.39, 0.29) is 29.8 Å². The standard InChI is InChI=1S/C20H23FN4O3/c1-11-18-19(25(3)12(2)20(26)24-18)23-17(22-11)8-13-9-27-10-16(13)28-15-6-4-14(21)5-7-15/h4-7,12-13,16H,8-10H2,1-3H3,(H,24,26)/t12-,13+,16+/m0/s1. The van der Waals surface area contributed by atoms with Gasteiger partial charge in [-0.2, -0.15) is 0 Å². The Hall–Kier alpha value is -2.74. The number of fused-ring (bicyclic) bond motifs is 1. The highest BCUT2D eigenvalue weighted by Gasteiger charge is 2.33. The van der Waals surface area contributed by atoms with E-state index in [1.807, 2.05) is 25.8 Å². The Labute approximate surface area is 162 Å². The van der Waals surface area contributed by atoms with Gasteiger partial charge in [-0.1, -0.05) is 0 Å². The summed E-state index contributed by atoms with van der Waals surface area (Å²) in [6.45, 7) is 4.73. The van der Waals surface area contributed by atoms with Crippen molar-refractivity contribution in [1.82, 2.24) is 9.97 Å². The van der Waals surface area contributed by atoms with Gasteiger partial charge in [0.2, 0.25) is 5.91 Å². The molecule has 0 spiro atoms. The molecule has 148 valence electrons. The molecule has 2 aromatic rings. The number of nitrogens with zero attached hydrogens (tertiary/aromatic N) is 3. The Morgan fingerprint density at radius 2 is 2.04 bits per heavy atom. The second kappa shape index (κ2) is 7.35. The summed E-state index contributed by atoms with van der Waals surface area (Å²) in [5.74, 6) is 1.75. The summed E-state index contributed by atoms with van der Waals surface area (Å²) >= 11 is 0. The summed E-state index contributed by atoms with van der Waals surface area (Å²) in [7, 11) is 1.86. The number of carbonyl (C=O) groups excluding carboxylic acids is 1. The van der Waals surface area contributed by atoms with Gasteiger partial charge in [-0.25, -0.2) is 14.4 Å². The largest absolute Gasteiger partial charge is 0.488 e. The summed E-state index contributed by atoms with van der Waals surface area (Å²) < 4.78 is 24.7. The van der Waals surface area contributed by atoms with Crippen LogP contribution < -0.4 is 15.0 Å². The fourth-order valence-corrected chi connectivity index (χ4v) is 3.52. The highest BCUT2D eigenvalue weighted by molar-refractivity contribution is 6.02. The third-order valence-corrected chi connectivity index (χ3v) is 5.35. The number of hydrogen-bond acceptors (Lipinski definition) is 6. The SMILES string of the molecule is Cc1nc(C[C@@H]2COC[C@H]2Oc2ccc(F)cc2)nc2c1NC(=O)[C@H](C)N2C. The third kappa shape index (κ3) is 3.52. The van der Waals surface area contributed by atoms with Crippen molar-refractivity contribution < 1.29 is 18.7 Å². The molecule has 1 amide bonds. The molecule has 7 nitrogen and oxygen atoms in total. The van der Waals surface area contributed by atoms with Gasteiger partial charge in [0.1, 0.15) is 35.2 Å². The number of nitrogens with one attached hydrogen (secondary N) is 1. The third-order valence-electron chi connectivity index (χ3n) is 5.35. The number of benzene rings is 1. The van der Waals surface area contributed by atoms with E-state index in [0.717, 1.165) is 11.5 Å². The zero-order valence-electron chi connectivity index (χ0n) is 16.1. The number of halogens is 1. The molecule has 1 fully saturated rings. The summed E-state index contributed by atoms with van der Waals surface area (Å²) in [6.07, 6.45) is 0.442. The van der Waals surface area contributed by atoms with Crippen LogP contribution >= 0.6 is 0 Å². The van der Waals surface area contributed by atoms with Crippen molar-refractivity contribution >= 4 is 17.4 Å². The first-order valence-electron chi connectivity index (χ1n) is 9.33. The van der Waals surface area contributed by atoms with Gasteiger partial charge in [0.25, 0.3) is 0 Å². The molecule has 28 heavy (non-hydrogen) atoms. The Morgan fingerprint density at radius 3 is 2.79 bits per heavy atom. The minimum Gasteiger partial charge on any atom is -0.488 e. The highest BCUT2D eigenvalue weighted by Crippen LogP contribution is 2.32. The number of likely N-dealkylation sites (N-methyl/N-ethyl adjacent to an activating group) is 1. The predicted molar refractivity (Wildman–Crippen MR) is 102 cm³/mol. The van der Waals surface area contributed by atoms with Crippen LogP contribution in [0.4, 0.5) is 15.9 Å². The van der Waals surface area contributed by atoms with Crippen LogP contribution in [0.5, 0.6) is 5.75 Å². The number of hydrogen-bond donors (Lipinski definition) is 1. The second-order valence-electron chi connectivity index (χ2n) is 7.31. The van der Waals surface area contributed by atoms with Crippen molar-refractivity contribution in [2.75, 3.05) is 30.5 Å². The van der Waals surface area contributed by atoms with Crippen LogP contribution in [0.2, 0.25) is 0 Å². The lowest BCUT2D eigenvalue weighted by Crippen LogP contribution is -2.45. The number of rotatable bonds is 4. The van der Waals surface area contributed by atoms with E-state index < -0.39 is 0 Å². The van der Waals surface area contributed by atoms with Crippen molar-refractivity contribution in [1.29, 1.82) is 0 Å². The Bertz CT molecular complexity index is 890. The van der Waals surface area contributed by atoms with Gasteiger partial charge in [0.05, 0.1) is 18.9 Å². The van der Waals surface area contributed by atoms with Crippen LogP contribution in [-0.4, -0.2) is 48.3 Å². The Balaban J connectivity index is 1.53. The van der Waals surface area contributed by atoms with Crippen molar-refractivity contribution in [3.63, 3.8) is 0 Å². The molecule has 0 aliphatic carbocycles. The van der Waals surface area contributed by atoms with E-state index in [1.54, 1.807) is 12.1 Å². The molecular formula is C20H23FN4O3. The van der Waals surface area contributed by atoms with Crippen LogP contribution in [0.15, 0.2) is 24.3 Å². The van der Waals surface area contributed by atoms with Gasteiger partial charge in [-0.3, -0.25) is 4.79 Å². The monoisotopic (exact) mass is 386 g/mol. The van der Waals surface area contributed by atoms with Crippen LogP contribution in [0.25, 0.3) is 0 Å². The number of carbonyl (C=O) groups is 1. The molecule has 2 aliphatic rings. The van der Waals surface area contributed by atoms with Gasteiger partial charge in [-0.15, -0.1) is 0 Å². The molecule has 1 N–H and O–H groups in total. The number of aryl methyl sites for hydroxylation is 1. The van der Waals surface area contributed by atoms with Crippen molar-refractivity contribution in [2.24, 2.45) is 5.92 Å². The molecule has 8 heteroatoms. The minimum absolute atomic E-state index is 0.0635. The molecule has 1 aromatic heterocycles. The molecule has 3 heterocycles. The van der Waals surface area contributed by atoms with Crippen molar-refractivity contribution in [3.8, 4) is 5.75 Å². The lowest BCUT2D eigenvalue weighted by molar-refractivity contribution is -0.117. The van der Waals surface area contributed by atoms with Gasteiger partial charge < -0.3 is 19.7 Å². The Kier molecular flexibility index (Phi) is 4.89. The molecule has 2 aliphatic heterocycles. The van der Waals surface area contributed by atoms with Gasteiger partial charge in [-0.05, 0) is 38.1 Å². The van der Waals surface area contributed by atoms with E-state index in [4.69, 9.17) is 14.5 Å². The average Bonchev–Trinajstić information content (AvgIpc) is 3.09. The molecule has 0 bridgehead atoms. The lowest BCUT2D eigenvalue weighted by Gasteiger charge is -2.32. The average molecular weight is 386 g/mol. The number of anilines is 2. The van der Waals surface area contributed by atoms with Gasteiger partial charge in [0.15, 0.2) is 5.82 Å². The van der Waals surface area contributed by atoms with Crippen LogP contribution in [0.1, 0.15) is 18.4 Å². The summed E-state index contributed by atoms with van der Waals surface area (Å²) in [6, 6.07) is 5.69. The fraction of sp³-hybridized carbons (Fsp3) is 0.450. The number of amides is 1. The smallest absolute Gasteiger partial charge is 0.246 e. The highest BCUT2D eigenvalue weighted by atomic mass is 19.1. The fourth-order valence-electron chi connectivity index (χ4n) is 3.52. The van der Waals surface area contributed by atoms with Gasteiger partial charge >= 0.3 is 0 Å². The predicted octanol–water partition coefficient (Wildman–Crippen LogP) is 2.34. The molecule has 3 atom stereocenters. The van der Waals surface area contributed by atoms with E-state index >= 15 is 0 Å². The van der Waals surface area contributed by atoms with E-state index in [2.05, 4.69) is 10.3 Å². The van der Waals surface area contributed by atoms with Crippen LogP contribution in [-0.2, 0) is 16.0 Å². The summed E-state index contributed by atoms with van der Waals surface area (Å²) in [4.78, 5) is 23.2. The zero-order valence-corrected chi connectivity index (χ0v) is 16.1. The minimum atomic E-state index is -0.296. The first-order chi connectivity index (χ1) is 13.4. The normalized spacial score (nSPS) is 24.1. The number of ether oxygens (including phenoxy) is 2. The quantitative estimate of drug-likeness (QED) is 0.869. The van der Waals surface area contributed by atoms with E-state index in [1.165, 1.54) is 12.1 Å². The molecule has 1 aromatic carbocycles. The van der Waals surface area contributed by atoms with E-state index in [9.17, 15) is 9.18 Å². The molecule has 0 unspecified atom stereocenters. The summed E-state index contributed by atoms with van der Waals surface area (Å²) in [5, 5.41) is 2.89. The Morgan fingerprint density at radius 1 is 1.29 bits per heavy atom. The van der Waals surface area contributed by atoms with Crippen molar-refractivity contribution in [2.45, 2.75) is 32.4 Å². The first kappa shape index (κ1) is 18.6. The maximum atomic E-state index is 13.1. The topological polar surface area (TPSA) is 76.6 Å². The molecule has 0 radical (unpaired) electrons. The molecular weight excluding hydrogens is 363 g/mol. The maximum Gasteiger partial charge on any atom is 0.246 e. The number of aromatic nitrogens is 2. The zero-order chi connectivity index (χ0) is 19.8. The molecule has 4 rings (SSSR count). The van der Waals surface area contributed by atoms with Crippen LogP contribution in [0.3, 0.4) is 0 Å². The molecule has 1 saturated heterocycles. The van der Waals surface area contributed by atoms with Crippen LogP contribution in [0, 0.1) is 18.7 Å². The van der Waals surface area contributed by atoms with Gasteiger partial charge in [0, 0.05) is 19.4 Å². The second-order valence-corrected chi connectivity index (χ2v) is 7.31. The van der Waals surface area contributed by atoms with E-state index in [0.29, 0.717) is 36.9 Å². The lowest BCUT2D eigenvalue weighted by atomic mass is 10.0. The summed E-state index contributed by atoms with van der Waals surface area (Å²) in [5.41, 5.74) is 1.40.